The smallest absolute Gasteiger partial charge is 0.282 e. The Bertz CT molecular complexity index is 1020. The van der Waals surface area contributed by atoms with Gasteiger partial charge in [0.1, 0.15) is 12.4 Å². The normalized spacial score (nSPS) is 10.2. The maximum Gasteiger partial charge on any atom is 0.282 e. The van der Waals surface area contributed by atoms with Gasteiger partial charge in [-0.1, -0.05) is 18.1 Å². The van der Waals surface area contributed by atoms with Crippen LogP contribution in [0.15, 0.2) is 53.3 Å². The van der Waals surface area contributed by atoms with Crippen LogP contribution >= 0.6 is 0 Å². The third-order valence-electron chi connectivity index (χ3n) is 3.73. The van der Waals surface area contributed by atoms with Crippen LogP contribution in [0.3, 0.4) is 0 Å². The van der Waals surface area contributed by atoms with E-state index in [1.54, 1.807) is 55.6 Å². The fraction of sp³-hybridized carbons (Fsp3) is 0.105. The number of benzene rings is 2. The van der Waals surface area contributed by atoms with E-state index < -0.39 is 11.3 Å². The lowest BCUT2D eigenvalue weighted by molar-refractivity contribution is 0.0986. The molecule has 6 heteroatoms. The van der Waals surface area contributed by atoms with Crippen molar-refractivity contribution in [3.63, 3.8) is 0 Å². The molecule has 0 unspecified atom stereocenters. The van der Waals surface area contributed by atoms with Crippen molar-refractivity contribution in [2.45, 2.75) is 0 Å². The van der Waals surface area contributed by atoms with E-state index in [1.165, 1.54) is 4.90 Å². The second-order valence-corrected chi connectivity index (χ2v) is 5.30. The zero-order chi connectivity index (χ0) is 17.8. The molecule has 3 aromatic rings. The maximum absolute atomic E-state index is 12.7. The summed E-state index contributed by atoms with van der Waals surface area (Å²) < 4.78 is 5.30. The monoisotopic (exact) mass is 333 g/mol. The minimum Gasteiger partial charge on any atom is -0.481 e. The number of ether oxygens (including phenoxy) is 1. The van der Waals surface area contributed by atoms with E-state index in [1.807, 2.05) is 0 Å². The number of nitrogens with zero attached hydrogens (tertiary/aromatic N) is 2. The average molecular weight is 333 g/mol. The molecule has 6 nitrogen and oxygen atoms in total. The Morgan fingerprint density at radius 1 is 1.24 bits per heavy atom. The summed E-state index contributed by atoms with van der Waals surface area (Å²) in [6.07, 6.45) is 5.14. The van der Waals surface area contributed by atoms with Crippen LogP contribution in [0.5, 0.6) is 5.75 Å². The summed E-state index contributed by atoms with van der Waals surface area (Å²) in [5, 5.41) is 7.10. The molecular formula is C19H15N3O3. The number of nitrogens with one attached hydrogen (secondary N) is 1. The summed E-state index contributed by atoms with van der Waals surface area (Å²) in [5.41, 5.74) is 0.628. The Balaban J connectivity index is 1.89. The number of hydrogen-bond donors (Lipinski definition) is 1. The highest BCUT2D eigenvalue weighted by molar-refractivity contribution is 6.05. The van der Waals surface area contributed by atoms with Crippen molar-refractivity contribution < 1.29 is 9.53 Å². The van der Waals surface area contributed by atoms with Crippen molar-refractivity contribution in [1.29, 1.82) is 0 Å². The quantitative estimate of drug-likeness (QED) is 0.743. The number of rotatable bonds is 4. The molecule has 1 aromatic heterocycles. The molecule has 0 aliphatic rings. The Labute approximate surface area is 144 Å². The van der Waals surface area contributed by atoms with Gasteiger partial charge in [-0.2, -0.15) is 5.10 Å². The first-order valence-electron chi connectivity index (χ1n) is 7.53. The van der Waals surface area contributed by atoms with Gasteiger partial charge in [0.15, 0.2) is 5.69 Å². The summed E-state index contributed by atoms with van der Waals surface area (Å²) in [6, 6.07) is 13.7. The van der Waals surface area contributed by atoms with Gasteiger partial charge in [0.25, 0.3) is 5.91 Å². The van der Waals surface area contributed by atoms with Crippen LogP contribution in [0.25, 0.3) is 10.9 Å². The number of amides is 1. The van der Waals surface area contributed by atoms with E-state index in [-0.39, 0.29) is 12.3 Å². The molecule has 124 valence electrons. The molecule has 0 saturated carbocycles. The first kappa shape index (κ1) is 16.3. The van der Waals surface area contributed by atoms with Crippen LogP contribution in [-0.4, -0.2) is 29.8 Å². The lowest BCUT2D eigenvalue weighted by atomic mass is 10.2. The van der Waals surface area contributed by atoms with Gasteiger partial charge < -0.3 is 9.64 Å². The van der Waals surface area contributed by atoms with Crippen molar-refractivity contribution in [3.8, 4) is 18.1 Å². The van der Waals surface area contributed by atoms with Crippen molar-refractivity contribution in [2.24, 2.45) is 0 Å². The fourth-order valence-electron chi connectivity index (χ4n) is 2.39. The van der Waals surface area contributed by atoms with Gasteiger partial charge in [0.05, 0.1) is 5.52 Å². The van der Waals surface area contributed by atoms with Crippen LogP contribution in [-0.2, 0) is 0 Å². The molecule has 25 heavy (non-hydrogen) atoms. The van der Waals surface area contributed by atoms with Crippen molar-refractivity contribution in [3.05, 3.63) is 64.4 Å². The predicted molar refractivity (Wildman–Crippen MR) is 95.9 cm³/mol. The molecule has 0 saturated heterocycles. The molecule has 0 spiro atoms. The highest BCUT2D eigenvalue weighted by Crippen LogP contribution is 2.19. The Hall–Kier alpha value is -3.59. The molecule has 1 heterocycles. The standard InChI is InChI=1S/C19H15N3O3/c1-3-12-25-14-10-8-13(9-11-14)22(2)19(24)17-18(23)15-6-4-5-7-16(15)20-21-17/h1,4-11H,12H2,2H3,(H,20,23). The summed E-state index contributed by atoms with van der Waals surface area (Å²) in [7, 11) is 1.58. The molecular weight excluding hydrogens is 318 g/mol. The SMILES string of the molecule is C#CCOc1ccc(N(C)C(=O)c2n[nH]c3ccccc3c2=O)cc1. The third kappa shape index (κ3) is 3.21. The number of hydrogen-bond acceptors (Lipinski definition) is 4. The molecule has 0 fully saturated rings. The molecule has 0 bridgehead atoms. The average Bonchev–Trinajstić information content (AvgIpc) is 2.66. The Kier molecular flexibility index (Phi) is 4.48. The van der Waals surface area contributed by atoms with E-state index >= 15 is 0 Å². The van der Waals surface area contributed by atoms with Crippen LogP contribution in [0.1, 0.15) is 10.5 Å². The van der Waals surface area contributed by atoms with E-state index in [0.29, 0.717) is 22.3 Å². The highest BCUT2D eigenvalue weighted by Gasteiger charge is 2.20. The van der Waals surface area contributed by atoms with Gasteiger partial charge in [-0.05, 0) is 36.4 Å². The number of aromatic nitrogens is 2. The molecule has 1 amide bonds. The van der Waals surface area contributed by atoms with Crippen molar-refractivity contribution >= 4 is 22.5 Å². The fourth-order valence-corrected chi connectivity index (χ4v) is 2.39. The largest absolute Gasteiger partial charge is 0.481 e. The first-order chi connectivity index (χ1) is 12.1. The van der Waals surface area contributed by atoms with Gasteiger partial charge in [-0.3, -0.25) is 14.7 Å². The number of anilines is 1. The topological polar surface area (TPSA) is 75.3 Å². The van der Waals surface area contributed by atoms with Gasteiger partial charge >= 0.3 is 0 Å². The van der Waals surface area contributed by atoms with E-state index in [4.69, 9.17) is 11.2 Å². The molecule has 0 radical (unpaired) electrons. The number of H-pyrrole nitrogens is 1. The maximum atomic E-state index is 12.7. The van der Waals surface area contributed by atoms with E-state index in [0.717, 1.165) is 0 Å². The minimum atomic E-state index is -0.496. The number of fused-ring (bicyclic) bond motifs is 1. The van der Waals surface area contributed by atoms with Crippen LogP contribution in [0.2, 0.25) is 0 Å². The Morgan fingerprint density at radius 3 is 2.68 bits per heavy atom. The molecule has 0 aliphatic heterocycles. The Morgan fingerprint density at radius 2 is 1.96 bits per heavy atom. The summed E-state index contributed by atoms with van der Waals surface area (Å²) >= 11 is 0. The zero-order valence-corrected chi connectivity index (χ0v) is 13.5. The molecule has 1 N–H and O–H groups in total. The van der Waals surface area contributed by atoms with Gasteiger partial charge in [0, 0.05) is 18.1 Å². The van der Waals surface area contributed by atoms with Crippen molar-refractivity contribution in [1.82, 2.24) is 10.2 Å². The number of carbonyl (C=O) groups is 1. The number of aromatic amines is 1. The van der Waals surface area contributed by atoms with E-state index in [9.17, 15) is 9.59 Å². The first-order valence-corrected chi connectivity index (χ1v) is 7.53. The molecule has 3 rings (SSSR count). The van der Waals surface area contributed by atoms with Crippen LogP contribution in [0.4, 0.5) is 5.69 Å². The van der Waals surface area contributed by atoms with E-state index in [2.05, 4.69) is 16.1 Å². The number of carbonyl (C=O) groups excluding carboxylic acids is 1. The predicted octanol–water partition coefficient (Wildman–Crippen LogP) is 2.21. The van der Waals surface area contributed by atoms with Gasteiger partial charge in [0.2, 0.25) is 5.43 Å². The van der Waals surface area contributed by atoms with Crippen molar-refractivity contribution in [2.75, 3.05) is 18.6 Å². The molecule has 0 aliphatic carbocycles. The lowest BCUT2D eigenvalue weighted by Crippen LogP contribution is -2.32. The summed E-state index contributed by atoms with van der Waals surface area (Å²) in [4.78, 5) is 26.5. The minimum absolute atomic E-state index is 0.158. The third-order valence-corrected chi connectivity index (χ3v) is 3.73. The highest BCUT2D eigenvalue weighted by atomic mass is 16.5. The summed E-state index contributed by atoms with van der Waals surface area (Å²) in [5.74, 6) is 2.49. The second kappa shape index (κ2) is 6.89. The lowest BCUT2D eigenvalue weighted by Gasteiger charge is -2.17. The van der Waals surface area contributed by atoms with Gasteiger partial charge in [-0.25, -0.2) is 0 Å². The second-order valence-electron chi connectivity index (χ2n) is 5.30. The molecule has 0 atom stereocenters. The zero-order valence-electron chi connectivity index (χ0n) is 13.5. The van der Waals surface area contributed by atoms with Crippen LogP contribution in [0, 0.1) is 12.3 Å². The number of para-hydroxylation sites is 1. The number of terminal acetylenes is 1. The van der Waals surface area contributed by atoms with Gasteiger partial charge in [-0.15, -0.1) is 6.42 Å². The molecule has 2 aromatic carbocycles. The summed E-state index contributed by atoms with van der Waals surface area (Å²) in [6.45, 7) is 0.171. The van der Waals surface area contributed by atoms with Crippen LogP contribution < -0.4 is 15.1 Å².